The third kappa shape index (κ3) is 6.16. The van der Waals surface area contributed by atoms with E-state index in [1.165, 1.54) is 6.92 Å². The Morgan fingerprint density at radius 2 is 2.43 bits per heavy atom. The van der Waals surface area contributed by atoms with Crippen molar-refractivity contribution in [1.82, 2.24) is 0 Å². The van der Waals surface area contributed by atoms with Crippen LogP contribution in [-0.4, -0.2) is 3.44 Å². The molecule has 0 heterocycles. The first-order valence-electron chi connectivity index (χ1n) is 1.52. The molecule has 7 heavy (non-hydrogen) atoms. The van der Waals surface area contributed by atoms with Crippen LogP contribution in [0.5, 0.6) is 0 Å². The van der Waals surface area contributed by atoms with E-state index in [0.717, 1.165) is 0 Å². The molecule has 0 unspecified atom stereocenters. The third-order valence-corrected chi connectivity index (χ3v) is 1.31. The van der Waals surface area contributed by atoms with Crippen molar-refractivity contribution in [2.45, 2.75) is 6.92 Å². The molecule has 0 atom stereocenters. The molecular weight excluding hydrogens is 214 g/mol. The third-order valence-electron chi connectivity index (χ3n) is 0.195. The fourth-order valence-corrected chi connectivity index (χ4v) is 0.729. The van der Waals surface area contributed by atoms with Gasteiger partial charge in [0.15, 0.2) is 0 Å². The normalized spacial score (nSPS) is 10.4. The number of hydrogen-bond acceptors (Lipinski definition) is 2. The summed E-state index contributed by atoms with van der Waals surface area (Å²) in [4.78, 5) is 0. The van der Waals surface area contributed by atoms with Crippen LogP contribution in [0.4, 0.5) is 2.86 Å². The molecule has 0 saturated heterocycles. The molecule has 0 aliphatic heterocycles. The van der Waals surface area contributed by atoms with Crippen molar-refractivity contribution in [3.8, 4) is 0 Å². The van der Waals surface area contributed by atoms with E-state index >= 15 is 0 Å². The zero-order valence-electron chi connectivity index (χ0n) is 3.82. The molecule has 0 aromatic carbocycles. The predicted octanol–water partition coefficient (Wildman–Crippen LogP) is 1.75. The zero-order chi connectivity index (χ0) is 5.86. The molecule has 2 nitrogen and oxygen atoms in total. The predicted molar refractivity (Wildman–Crippen MR) is 33.2 cm³/mol. The Morgan fingerprint density at radius 1 is 2.00 bits per heavy atom. The van der Waals surface area contributed by atoms with Crippen LogP contribution < -0.4 is 0 Å². The topological polar surface area (TPSA) is 29.5 Å². The molecule has 0 fully saturated rings. The maximum atomic E-state index is 11.4. The summed E-state index contributed by atoms with van der Waals surface area (Å²) >= 11 is -3.47. The molecule has 0 rings (SSSR count). The number of halogens is 2. The average Bonchev–Trinajstić information content (AvgIpc) is 1.27. The summed E-state index contributed by atoms with van der Waals surface area (Å²) in [5.74, 6) is 0.232. The Hall–Kier alpha value is 0.160. The molecular formula is C3H6FIO2. The summed E-state index contributed by atoms with van der Waals surface area (Å²) in [5, 5.41) is 0. The minimum absolute atomic E-state index is 0.232. The van der Waals surface area contributed by atoms with Crippen LogP contribution in [0, 0.1) is 0 Å². The van der Waals surface area contributed by atoms with Gasteiger partial charge in [-0.25, -0.2) is 0 Å². The minimum atomic E-state index is -3.47. The first kappa shape index (κ1) is 7.16. The van der Waals surface area contributed by atoms with Gasteiger partial charge in [0.05, 0.1) is 0 Å². The molecule has 0 amide bonds. The summed E-state index contributed by atoms with van der Waals surface area (Å²) in [5.41, 5.74) is 0. The second-order valence-corrected chi connectivity index (χ2v) is 2.50. The van der Waals surface area contributed by atoms with Gasteiger partial charge >= 0.3 is 49.8 Å². The van der Waals surface area contributed by atoms with Gasteiger partial charge in [-0.15, -0.1) is 0 Å². The van der Waals surface area contributed by atoms with Crippen molar-refractivity contribution in [2.24, 2.45) is 0 Å². The van der Waals surface area contributed by atoms with E-state index in [4.69, 9.17) is 3.44 Å². The molecule has 0 bridgehead atoms. The van der Waals surface area contributed by atoms with Crippen LogP contribution in [-0.2, 0) is 3.07 Å². The monoisotopic (exact) mass is 220 g/mol. The van der Waals surface area contributed by atoms with E-state index in [1.807, 2.05) is 0 Å². The molecule has 0 saturated carbocycles. The van der Waals surface area contributed by atoms with Crippen LogP contribution in [0.3, 0.4) is 0 Å². The van der Waals surface area contributed by atoms with Crippen LogP contribution in [0.2, 0.25) is 0 Å². The van der Waals surface area contributed by atoms with E-state index < -0.39 is 21.2 Å². The Balaban J connectivity index is 3.13. The Kier molecular flexibility index (Phi) is 3.27. The van der Waals surface area contributed by atoms with Crippen molar-refractivity contribution < 1.29 is 9.36 Å². The standard InChI is InChI=1S/C3H6FIO2/c1-3(2)7-5(4)6/h6H,1H2,2H3. The average molecular weight is 220 g/mol. The van der Waals surface area contributed by atoms with Gasteiger partial charge in [0.1, 0.15) is 0 Å². The summed E-state index contributed by atoms with van der Waals surface area (Å²) in [6.45, 7) is 4.70. The SMILES string of the molecule is C=C(C)OI(O)F. The van der Waals surface area contributed by atoms with E-state index in [0.29, 0.717) is 0 Å². The van der Waals surface area contributed by atoms with Gasteiger partial charge in [0, 0.05) is 0 Å². The van der Waals surface area contributed by atoms with Gasteiger partial charge in [-0.05, 0) is 0 Å². The molecule has 0 aliphatic rings. The Labute approximate surface area is 50.2 Å². The fraction of sp³-hybridized carbons (Fsp3) is 0.333. The van der Waals surface area contributed by atoms with Gasteiger partial charge in [-0.3, -0.25) is 0 Å². The quantitative estimate of drug-likeness (QED) is 0.567. The van der Waals surface area contributed by atoms with Gasteiger partial charge in [-0.1, -0.05) is 0 Å². The number of hydrogen-bond donors (Lipinski definition) is 1. The molecule has 0 aromatic rings. The van der Waals surface area contributed by atoms with E-state index in [-0.39, 0.29) is 5.76 Å². The van der Waals surface area contributed by atoms with Crippen molar-refractivity contribution in [2.75, 3.05) is 0 Å². The molecule has 0 aliphatic carbocycles. The van der Waals surface area contributed by atoms with E-state index in [9.17, 15) is 2.86 Å². The molecule has 0 radical (unpaired) electrons. The van der Waals surface area contributed by atoms with Crippen LogP contribution in [0.15, 0.2) is 12.3 Å². The van der Waals surface area contributed by atoms with Gasteiger partial charge in [0.25, 0.3) is 0 Å². The summed E-state index contributed by atoms with van der Waals surface area (Å²) < 4.78 is 23.4. The fourth-order valence-electron chi connectivity index (χ4n) is 0.109. The van der Waals surface area contributed by atoms with Crippen molar-refractivity contribution in [1.29, 1.82) is 0 Å². The van der Waals surface area contributed by atoms with Gasteiger partial charge in [-0.2, -0.15) is 0 Å². The number of allylic oxidation sites excluding steroid dienone is 1. The second kappa shape index (κ2) is 3.20. The van der Waals surface area contributed by atoms with Gasteiger partial charge in [0.2, 0.25) is 0 Å². The van der Waals surface area contributed by atoms with Crippen LogP contribution in [0.25, 0.3) is 0 Å². The Morgan fingerprint density at radius 3 is 2.43 bits per heavy atom. The van der Waals surface area contributed by atoms with Crippen molar-refractivity contribution in [3.05, 3.63) is 12.3 Å². The molecule has 44 valence electrons. The molecule has 0 aromatic heterocycles. The van der Waals surface area contributed by atoms with Crippen LogP contribution in [0.1, 0.15) is 6.92 Å². The van der Waals surface area contributed by atoms with E-state index in [1.54, 1.807) is 0 Å². The van der Waals surface area contributed by atoms with E-state index in [2.05, 4.69) is 9.65 Å². The number of rotatable bonds is 2. The van der Waals surface area contributed by atoms with Crippen molar-refractivity contribution in [3.63, 3.8) is 0 Å². The first-order chi connectivity index (χ1) is 3.13. The molecule has 4 heteroatoms. The summed E-state index contributed by atoms with van der Waals surface area (Å²) in [6.07, 6.45) is 0. The van der Waals surface area contributed by atoms with Crippen molar-refractivity contribution >= 4 is 21.2 Å². The van der Waals surface area contributed by atoms with Crippen LogP contribution >= 0.6 is 21.2 Å². The zero-order valence-corrected chi connectivity index (χ0v) is 5.98. The second-order valence-electron chi connectivity index (χ2n) is 0.970. The summed E-state index contributed by atoms with van der Waals surface area (Å²) in [6, 6.07) is 0. The summed E-state index contributed by atoms with van der Waals surface area (Å²) in [7, 11) is 0. The molecule has 1 N–H and O–H groups in total. The van der Waals surface area contributed by atoms with Gasteiger partial charge < -0.3 is 0 Å². The first-order valence-corrected chi connectivity index (χ1v) is 4.18. The molecule has 0 spiro atoms. The maximum absolute atomic E-state index is 11.4. The Bertz CT molecular complexity index is 73.3.